The van der Waals surface area contributed by atoms with Crippen LogP contribution in [0.25, 0.3) is 11.0 Å². The zero-order valence-electron chi connectivity index (χ0n) is 12.0. The first-order valence-electron chi connectivity index (χ1n) is 6.79. The molecule has 5 heteroatoms. The molecule has 0 atom stereocenters. The first-order chi connectivity index (χ1) is 10.7. The zero-order chi connectivity index (χ0) is 15.5. The zero-order valence-corrected chi connectivity index (χ0v) is 12.0. The fourth-order valence-electron chi connectivity index (χ4n) is 2.25. The summed E-state index contributed by atoms with van der Waals surface area (Å²) in [4.78, 5) is 10.9. The number of carboxylic acids is 1. The molecule has 1 heterocycles. The molecule has 0 amide bonds. The number of fused-ring (bicyclic) bond motifs is 1. The highest BCUT2D eigenvalue weighted by atomic mass is 16.5. The predicted molar refractivity (Wildman–Crippen MR) is 83.5 cm³/mol. The van der Waals surface area contributed by atoms with E-state index in [0.29, 0.717) is 12.1 Å². The van der Waals surface area contributed by atoms with Gasteiger partial charge in [-0.05, 0) is 42.0 Å². The van der Waals surface area contributed by atoms with Crippen LogP contribution < -0.4 is 10.1 Å². The van der Waals surface area contributed by atoms with Crippen molar-refractivity contribution in [3.8, 4) is 5.75 Å². The van der Waals surface area contributed by atoms with Crippen molar-refractivity contribution in [2.75, 3.05) is 12.4 Å². The molecule has 0 saturated heterocycles. The summed E-state index contributed by atoms with van der Waals surface area (Å²) in [7, 11) is 1.64. The van der Waals surface area contributed by atoms with E-state index in [1.165, 1.54) is 6.07 Å². The van der Waals surface area contributed by atoms with Gasteiger partial charge in [0.15, 0.2) is 0 Å². The van der Waals surface area contributed by atoms with Gasteiger partial charge in [0.25, 0.3) is 0 Å². The third-order valence-electron chi connectivity index (χ3n) is 3.36. The molecule has 22 heavy (non-hydrogen) atoms. The highest BCUT2D eigenvalue weighted by Crippen LogP contribution is 2.23. The molecule has 0 aliphatic rings. The fraction of sp³-hybridized carbons (Fsp3) is 0.118. The van der Waals surface area contributed by atoms with Gasteiger partial charge in [-0.1, -0.05) is 12.1 Å². The second-order valence-corrected chi connectivity index (χ2v) is 4.87. The molecule has 0 fully saturated rings. The maximum absolute atomic E-state index is 10.9. The third-order valence-corrected chi connectivity index (χ3v) is 3.36. The maximum atomic E-state index is 10.9. The summed E-state index contributed by atoms with van der Waals surface area (Å²) in [5, 5.41) is 13.0. The van der Waals surface area contributed by atoms with Crippen LogP contribution in [0, 0.1) is 0 Å². The summed E-state index contributed by atoms with van der Waals surface area (Å²) in [6.45, 7) is 0.645. The van der Waals surface area contributed by atoms with Crippen molar-refractivity contribution in [2.45, 2.75) is 6.54 Å². The second kappa shape index (κ2) is 5.81. The van der Waals surface area contributed by atoms with Crippen molar-refractivity contribution >= 4 is 22.6 Å². The van der Waals surface area contributed by atoms with Crippen LogP contribution >= 0.6 is 0 Å². The maximum Gasteiger partial charge on any atom is 0.371 e. The van der Waals surface area contributed by atoms with E-state index < -0.39 is 5.97 Å². The average Bonchev–Trinajstić information content (AvgIpc) is 2.96. The molecular weight excluding hydrogens is 282 g/mol. The van der Waals surface area contributed by atoms with Crippen LogP contribution in [0.3, 0.4) is 0 Å². The number of ether oxygens (including phenoxy) is 1. The van der Waals surface area contributed by atoms with Gasteiger partial charge in [-0.3, -0.25) is 0 Å². The summed E-state index contributed by atoms with van der Waals surface area (Å²) >= 11 is 0. The first kappa shape index (κ1) is 14.0. The van der Waals surface area contributed by atoms with Gasteiger partial charge in [-0.25, -0.2) is 4.79 Å². The lowest BCUT2D eigenvalue weighted by atomic mass is 10.2. The Hall–Kier alpha value is -2.95. The quantitative estimate of drug-likeness (QED) is 0.750. The lowest BCUT2D eigenvalue weighted by Crippen LogP contribution is -1.99. The Morgan fingerprint density at radius 3 is 2.86 bits per heavy atom. The van der Waals surface area contributed by atoms with Crippen LogP contribution in [0.4, 0.5) is 5.69 Å². The number of benzene rings is 2. The molecule has 112 valence electrons. The summed E-state index contributed by atoms with van der Waals surface area (Å²) < 4.78 is 10.4. The van der Waals surface area contributed by atoms with Gasteiger partial charge >= 0.3 is 5.97 Å². The molecule has 0 aliphatic heterocycles. The van der Waals surface area contributed by atoms with Crippen molar-refractivity contribution in [3.05, 3.63) is 59.9 Å². The number of anilines is 1. The summed E-state index contributed by atoms with van der Waals surface area (Å²) in [6.07, 6.45) is 0. The van der Waals surface area contributed by atoms with Crippen molar-refractivity contribution in [1.82, 2.24) is 0 Å². The second-order valence-electron chi connectivity index (χ2n) is 4.87. The Labute approximate surface area is 127 Å². The molecule has 0 saturated carbocycles. The van der Waals surface area contributed by atoms with Crippen LogP contribution in [0.2, 0.25) is 0 Å². The molecule has 0 radical (unpaired) electrons. The van der Waals surface area contributed by atoms with Crippen LogP contribution in [-0.2, 0) is 6.54 Å². The van der Waals surface area contributed by atoms with Gasteiger partial charge < -0.3 is 19.6 Å². The number of hydrogen-bond acceptors (Lipinski definition) is 4. The molecule has 5 nitrogen and oxygen atoms in total. The van der Waals surface area contributed by atoms with E-state index in [1.54, 1.807) is 13.2 Å². The number of furan rings is 1. The SMILES string of the molecule is COc1cccc(CNc2ccc3oc(C(=O)O)cc3c2)c1. The monoisotopic (exact) mass is 297 g/mol. The highest BCUT2D eigenvalue weighted by Gasteiger charge is 2.10. The number of methoxy groups -OCH3 is 1. The van der Waals surface area contributed by atoms with Crippen molar-refractivity contribution in [2.24, 2.45) is 0 Å². The topological polar surface area (TPSA) is 71.7 Å². The molecule has 3 rings (SSSR count). The molecule has 0 spiro atoms. The minimum Gasteiger partial charge on any atom is -0.497 e. The summed E-state index contributed by atoms with van der Waals surface area (Å²) in [5.74, 6) is -0.308. The number of aromatic carboxylic acids is 1. The van der Waals surface area contributed by atoms with E-state index in [4.69, 9.17) is 14.3 Å². The van der Waals surface area contributed by atoms with Crippen LogP contribution in [-0.4, -0.2) is 18.2 Å². The van der Waals surface area contributed by atoms with Crippen molar-refractivity contribution in [3.63, 3.8) is 0 Å². The minimum atomic E-state index is -1.07. The van der Waals surface area contributed by atoms with Gasteiger partial charge in [-0.2, -0.15) is 0 Å². The van der Waals surface area contributed by atoms with E-state index in [-0.39, 0.29) is 5.76 Å². The summed E-state index contributed by atoms with van der Waals surface area (Å²) in [5.41, 5.74) is 2.55. The van der Waals surface area contributed by atoms with E-state index in [2.05, 4.69) is 5.32 Å². The lowest BCUT2D eigenvalue weighted by Gasteiger charge is -2.08. The number of hydrogen-bond donors (Lipinski definition) is 2. The van der Waals surface area contributed by atoms with Crippen LogP contribution in [0.15, 0.2) is 52.9 Å². The van der Waals surface area contributed by atoms with Gasteiger partial charge in [0, 0.05) is 17.6 Å². The Morgan fingerprint density at radius 2 is 2.09 bits per heavy atom. The Bertz CT molecular complexity index is 822. The van der Waals surface area contributed by atoms with Crippen LogP contribution in [0.5, 0.6) is 5.75 Å². The van der Waals surface area contributed by atoms with Gasteiger partial charge in [0.2, 0.25) is 5.76 Å². The molecule has 1 aromatic heterocycles. The van der Waals surface area contributed by atoms with E-state index in [9.17, 15) is 4.79 Å². The van der Waals surface area contributed by atoms with E-state index >= 15 is 0 Å². The third kappa shape index (κ3) is 2.88. The lowest BCUT2D eigenvalue weighted by molar-refractivity contribution is 0.0665. The van der Waals surface area contributed by atoms with Gasteiger partial charge in [-0.15, -0.1) is 0 Å². The number of rotatable bonds is 5. The summed E-state index contributed by atoms with van der Waals surface area (Å²) in [6, 6.07) is 14.8. The van der Waals surface area contributed by atoms with Crippen LogP contribution in [0.1, 0.15) is 16.1 Å². The Morgan fingerprint density at radius 1 is 1.23 bits per heavy atom. The normalized spacial score (nSPS) is 10.6. The number of carboxylic acid groups (broad SMARTS) is 1. The molecule has 2 aromatic carbocycles. The number of carbonyl (C=O) groups is 1. The smallest absolute Gasteiger partial charge is 0.371 e. The van der Waals surface area contributed by atoms with E-state index in [1.807, 2.05) is 36.4 Å². The van der Waals surface area contributed by atoms with Gasteiger partial charge in [0.1, 0.15) is 11.3 Å². The van der Waals surface area contributed by atoms with Crippen molar-refractivity contribution in [1.29, 1.82) is 0 Å². The molecule has 0 unspecified atom stereocenters. The van der Waals surface area contributed by atoms with Crippen molar-refractivity contribution < 1.29 is 19.1 Å². The fourth-order valence-corrected chi connectivity index (χ4v) is 2.25. The van der Waals surface area contributed by atoms with E-state index in [0.717, 1.165) is 22.4 Å². The molecule has 0 bridgehead atoms. The Balaban J connectivity index is 1.77. The Kier molecular flexibility index (Phi) is 3.70. The highest BCUT2D eigenvalue weighted by molar-refractivity contribution is 5.92. The number of nitrogens with one attached hydrogen (secondary N) is 1. The first-order valence-corrected chi connectivity index (χ1v) is 6.79. The predicted octanol–water partition coefficient (Wildman–Crippen LogP) is 3.75. The van der Waals surface area contributed by atoms with Gasteiger partial charge in [0.05, 0.1) is 7.11 Å². The largest absolute Gasteiger partial charge is 0.497 e. The standard InChI is InChI=1S/C17H15NO4/c1-21-14-4-2-3-11(7-14)10-18-13-5-6-15-12(8-13)9-16(22-15)17(19)20/h2-9,18H,10H2,1H3,(H,19,20). The minimum absolute atomic E-state index is 0.0556. The molecular formula is C17H15NO4. The molecule has 2 N–H and O–H groups in total. The average molecular weight is 297 g/mol. The molecule has 3 aromatic rings. The molecule has 0 aliphatic carbocycles.